The third-order valence-corrected chi connectivity index (χ3v) is 4.49. The Labute approximate surface area is 85.6 Å². The standard InChI is InChI=1S/C13H18O/c14-12-4-2-1-3-11-9-5-7-10(8-6-9)13(11)12/h5,7,9-11,13H,1-4,6,8H2/t9-,10+,11-,13-/m0/s1. The summed E-state index contributed by atoms with van der Waals surface area (Å²) in [6.07, 6.45) is 11.9. The normalized spacial score (nSPS) is 46.1. The van der Waals surface area contributed by atoms with Gasteiger partial charge in [-0.3, -0.25) is 4.79 Å². The van der Waals surface area contributed by atoms with E-state index in [1.807, 2.05) is 0 Å². The third-order valence-electron chi connectivity index (χ3n) is 4.49. The summed E-state index contributed by atoms with van der Waals surface area (Å²) in [6, 6.07) is 0. The lowest BCUT2D eigenvalue weighted by Crippen LogP contribution is -2.40. The fraction of sp³-hybridized carbons (Fsp3) is 0.769. The zero-order chi connectivity index (χ0) is 9.54. The highest BCUT2D eigenvalue weighted by molar-refractivity contribution is 5.82. The van der Waals surface area contributed by atoms with E-state index in [0.717, 1.165) is 18.8 Å². The first-order chi connectivity index (χ1) is 6.86. The van der Waals surface area contributed by atoms with Crippen molar-refractivity contribution in [2.24, 2.45) is 23.7 Å². The lowest BCUT2D eigenvalue weighted by molar-refractivity contribution is -0.127. The molecule has 4 aliphatic carbocycles. The molecule has 0 aliphatic heterocycles. The Hall–Kier alpha value is -0.590. The van der Waals surface area contributed by atoms with Gasteiger partial charge in [0.25, 0.3) is 0 Å². The zero-order valence-electron chi connectivity index (χ0n) is 8.61. The van der Waals surface area contributed by atoms with Gasteiger partial charge in [-0.15, -0.1) is 0 Å². The number of Topliss-reactive ketones (excluding diaryl/α,β-unsaturated/α-hetero) is 1. The molecule has 14 heavy (non-hydrogen) atoms. The molecule has 1 heteroatoms. The van der Waals surface area contributed by atoms with Crippen LogP contribution in [0.4, 0.5) is 0 Å². The van der Waals surface area contributed by atoms with Crippen LogP contribution in [0.5, 0.6) is 0 Å². The molecule has 2 fully saturated rings. The average Bonchev–Trinajstić information content (AvgIpc) is 2.44. The minimum absolute atomic E-state index is 0.418. The number of allylic oxidation sites excluding steroid dienone is 2. The van der Waals surface area contributed by atoms with E-state index in [2.05, 4.69) is 12.2 Å². The van der Waals surface area contributed by atoms with E-state index in [1.165, 1.54) is 25.7 Å². The van der Waals surface area contributed by atoms with Crippen LogP contribution in [0.2, 0.25) is 0 Å². The van der Waals surface area contributed by atoms with Gasteiger partial charge in [-0.25, -0.2) is 0 Å². The van der Waals surface area contributed by atoms with Gasteiger partial charge < -0.3 is 0 Å². The van der Waals surface area contributed by atoms with Gasteiger partial charge in [0.2, 0.25) is 0 Å². The number of rotatable bonds is 0. The van der Waals surface area contributed by atoms with Crippen LogP contribution >= 0.6 is 0 Å². The molecule has 2 saturated carbocycles. The second-order valence-electron chi connectivity index (χ2n) is 5.19. The Bertz CT molecular complexity index is 279. The van der Waals surface area contributed by atoms with Crippen LogP contribution in [0, 0.1) is 23.7 Å². The summed E-state index contributed by atoms with van der Waals surface area (Å²) < 4.78 is 0. The minimum atomic E-state index is 0.418. The van der Waals surface area contributed by atoms with Crippen molar-refractivity contribution in [3.63, 3.8) is 0 Å². The molecule has 0 radical (unpaired) electrons. The monoisotopic (exact) mass is 190 g/mol. The number of ketones is 1. The summed E-state index contributed by atoms with van der Waals surface area (Å²) in [7, 11) is 0. The smallest absolute Gasteiger partial charge is 0.136 e. The first-order valence-corrected chi connectivity index (χ1v) is 6.07. The molecule has 4 atom stereocenters. The van der Waals surface area contributed by atoms with Crippen molar-refractivity contribution in [3.8, 4) is 0 Å². The molecular weight excluding hydrogens is 172 g/mol. The molecular formula is C13H18O. The Morgan fingerprint density at radius 1 is 1.00 bits per heavy atom. The number of carbonyl (C=O) groups excluding carboxylic acids is 1. The molecule has 0 aromatic heterocycles. The van der Waals surface area contributed by atoms with Gasteiger partial charge >= 0.3 is 0 Å². The van der Waals surface area contributed by atoms with Gasteiger partial charge in [0, 0.05) is 12.3 Å². The summed E-state index contributed by atoms with van der Waals surface area (Å²) in [5, 5.41) is 0. The highest BCUT2D eigenvalue weighted by Gasteiger charge is 2.44. The van der Waals surface area contributed by atoms with Crippen LogP contribution < -0.4 is 0 Å². The quantitative estimate of drug-likeness (QED) is 0.537. The van der Waals surface area contributed by atoms with Crippen molar-refractivity contribution < 1.29 is 4.79 Å². The van der Waals surface area contributed by atoms with E-state index in [4.69, 9.17) is 0 Å². The maximum Gasteiger partial charge on any atom is 0.136 e. The predicted octanol–water partition coefficient (Wildman–Crippen LogP) is 2.96. The van der Waals surface area contributed by atoms with E-state index in [1.54, 1.807) is 0 Å². The molecule has 4 aliphatic rings. The van der Waals surface area contributed by atoms with E-state index in [-0.39, 0.29) is 0 Å². The summed E-state index contributed by atoms with van der Waals surface area (Å²) in [5.41, 5.74) is 0. The third kappa shape index (κ3) is 1.18. The van der Waals surface area contributed by atoms with E-state index >= 15 is 0 Å². The molecule has 76 valence electrons. The molecule has 0 unspecified atom stereocenters. The minimum Gasteiger partial charge on any atom is -0.299 e. The van der Waals surface area contributed by atoms with Gasteiger partial charge in [0.1, 0.15) is 5.78 Å². The lowest BCUT2D eigenvalue weighted by Gasteiger charge is -2.43. The molecule has 0 N–H and O–H groups in total. The van der Waals surface area contributed by atoms with Crippen LogP contribution in [0.1, 0.15) is 38.5 Å². The second-order valence-corrected chi connectivity index (χ2v) is 5.19. The second kappa shape index (κ2) is 3.22. The van der Waals surface area contributed by atoms with Crippen molar-refractivity contribution in [3.05, 3.63) is 12.2 Å². The Kier molecular flexibility index (Phi) is 2.00. The molecule has 1 nitrogen and oxygen atoms in total. The number of fused-ring (bicyclic) bond motifs is 1. The van der Waals surface area contributed by atoms with Gasteiger partial charge in [0.05, 0.1) is 0 Å². The highest BCUT2D eigenvalue weighted by atomic mass is 16.1. The van der Waals surface area contributed by atoms with Crippen molar-refractivity contribution in [1.29, 1.82) is 0 Å². The fourth-order valence-electron chi connectivity index (χ4n) is 3.82. The maximum absolute atomic E-state index is 12.0. The summed E-state index contributed by atoms with van der Waals surface area (Å²) in [6.45, 7) is 0. The first kappa shape index (κ1) is 8.70. The maximum atomic E-state index is 12.0. The summed E-state index contributed by atoms with van der Waals surface area (Å²) >= 11 is 0. The Morgan fingerprint density at radius 3 is 2.57 bits per heavy atom. The highest BCUT2D eigenvalue weighted by Crippen LogP contribution is 2.48. The van der Waals surface area contributed by atoms with E-state index < -0.39 is 0 Å². The van der Waals surface area contributed by atoms with E-state index in [9.17, 15) is 4.79 Å². The number of carbonyl (C=O) groups is 1. The molecule has 0 heterocycles. The number of hydrogen-bond acceptors (Lipinski definition) is 1. The average molecular weight is 190 g/mol. The molecule has 0 amide bonds. The SMILES string of the molecule is O=C1CCCC[C@@H]2[C@@H]1[C@@H]1C=C[C@H]2CC1. The van der Waals surface area contributed by atoms with Crippen LogP contribution in [0.3, 0.4) is 0 Å². The summed E-state index contributed by atoms with van der Waals surface area (Å²) in [5.74, 6) is 3.06. The van der Waals surface area contributed by atoms with Gasteiger partial charge in [0.15, 0.2) is 0 Å². The molecule has 4 rings (SSSR count). The fourth-order valence-corrected chi connectivity index (χ4v) is 3.82. The molecule has 2 bridgehead atoms. The largest absolute Gasteiger partial charge is 0.299 e. The zero-order valence-corrected chi connectivity index (χ0v) is 8.61. The van der Waals surface area contributed by atoms with Crippen molar-refractivity contribution in [2.45, 2.75) is 38.5 Å². The lowest BCUT2D eigenvalue weighted by atomic mass is 9.60. The van der Waals surface area contributed by atoms with Crippen molar-refractivity contribution in [1.82, 2.24) is 0 Å². The van der Waals surface area contributed by atoms with Gasteiger partial charge in [-0.1, -0.05) is 18.6 Å². The van der Waals surface area contributed by atoms with Crippen molar-refractivity contribution >= 4 is 5.78 Å². The van der Waals surface area contributed by atoms with Gasteiger partial charge in [-0.05, 0) is 43.4 Å². The van der Waals surface area contributed by atoms with Crippen LogP contribution in [0.25, 0.3) is 0 Å². The van der Waals surface area contributed by atoms with Crippen LogP contribution in [-0.4, -0.2) is 5.78 Å². The van der Waals surface area contributed by atoms with Crippen LogP contribution in [-0.2, 0) is 4.79 Å². The topological polar surface area (TPSA) is 17.1 Å². The van der Waals surface area contributed by atoms with Gasteiger partial charge in [-0.2, -0.15) is 0 Å². The Balaban J connectivity index is 1.94. The molecule has 0 saturated heterocycles. The first-order valence-electron chi connectivity index (χ1n) is 6.07. The predicted molar refractivity (Wildman–Crippen MR) is 55.8 cm³/mol. The van der Waals surface area contributed by atoms with Crippen molar-refractivity contribution in [2.75, 3.05) is 0 Å². The van der Waals surface area contributed by atoms with E-state index in [0.29, 0.717) is 23.5 Å². The van der Waals surface area contributed by atoms with Crippen LogP contribution in [0.15, 0.2) is 12.2 Å². The molecule has 0 aromatic carbocycles. The Morgan fingerprint density at radius 2 is 1.79 bits per heavy atom. The molecule has 0 spiro atoms. The molecule has 0 aromatic rings. The summed E-state index contributed by atoms with van der Waals surface area (Å²) in [4.78, 5) is 12.0. The number of hydrogen-bond donors (Lipinski definition) is 0.